The largest absolute Gasteiger partial charge is 0.323 e. The zero-order chi connectivity index (χ0) is 13.0. The molecular formula is C13H11FN2OS. The number of hydrogen-bond donors (Lipinski definition) is 1. The molecule has 1 N–H and O–H groups in total. The van der Waals surface area contributed by atoms with Gasteiger partial charge in [-0.05, 0) is 37.3 Å². The third-order valence-electron chi connectivity index (χ3n) is 2.15. The number of aromatic nitrogens is 1. The molecule has 0 spiro atoms. The number of rotatable bonds is 3. The van der Waals surface area contributed by atoms with E-state index in [1.807, 2.05) is 12.3 Å². The fraction of sp³-hybridized carbons (Fsp3) is 0.0769. The molecule has 0 aliphatic heterocycles. The monoisotopic (exact) mass is 262 g/mol. The Morgan fingerprint density at radius 3 is 2.72 bits per heavy atom. The highest BCUT2D eigenvalue weighted by Crippen LogP contribution is 2.10. The molecule has 1 amide bonds. The Balaban J connectivity index is 1.96. The van der Waals surface area contributed by atoms with E-state index in [0.29, 0.717) is 5.69 Å². The highest BCUT2D eigenvalue weighted by molar-refractivity contribution is 7.09. The Morgan fingerprint density at radius 1 is 1.39 bits per heavy atom. The van der Waals surface area contributed by atoms with Crippen molar-refractivity contribution in [2.24, 2.45) is 0 Å². The fourth-order valence-electron chi connectivity index (χ4n) is 1.33. The number of hydrogen-bond acceptors (Lipinski definition) is 3. The van der Waals surface area contributed by atoms with E-state index in [-0.39, 0.29) is 11.7 Å². The van der Waals surface area contributed by atoms with E-state index in [0.717, 1.165) is 10.7 Å². The van der Waals surface area contributed by atoms with Crippen LogP contribution < -0.4 is 5.32 Å². The lowest BCUT2D eigenvalue weighted by atomic mass is 10.3. The molecule has 92 valence electrons. The van der Waals surface area contributed by atoms with Gasteiger partial charge in [-0.15, -0.1) is 11.3 Å². The van der Waals surface area contributed by atoms with E-state index in [2.05, 4.69) is 10.3 Å². The zero-order valence-electron chi connectivity index (χ0n) is 9.68. The van der Waals surface area contributed by atoms with Crippen molar-refractivity contribution < 1.29 is 9.18 Å². The van der Waals surface area contributed by atoms with E-state index in [9.17, 15) is 9.18 Å². The maximum atomic E-state index is 12.7. The lowest BCUT2D eigenvalue weighted by molar-refractivity contribution is -0.111. The van der Waals surface area contributed by atoms with Crippen LogP contribution in [0.15, 0.2) is 35.7 Å². The summed E-state index contributed by atoms with van der Waals surface area (Å²) in [5.41, 5.74) is 1.31. The molecule has 0 aliphatic carbocycles. The average molecular weight is 262 g/mol. The van der Waals surface area contributed by atoms with Crippen molar-refractivity contribution >= 4 is 29.0 Å². The second-order valence-corrected chi connectivity index (χ2v) is 4.68. The van der Waals surface area contributed by atoms with Gasteiger partial charge in [0.2, 0.25) is 5.91 Å². The number of nitrogens with zero attached hydrogens (tertiary/aromatic N) is 1. The number of nitrogens with one attached hydrogen (secondary N) is 1. The third-order valence-corrected chi connectivity index (χ3v) is 2.95. The van der Waals surface area contributed by atoms with Gasteiger partial charge in [0, 0.05) is 17.1 Å². The molecule has 0 fully saturated rings. The first-order valence-electron chi connectivity index (χ1n) is 5.30. The minimum Gasteiger partial charge on any atom is -0.323 e. The molecule has 1 aromatic carbocycles. The van der Waals surface area contributed by atoms with Crippen LogP contribution >= 0.6 is 11.3 Å². The first-order chi connectivity index (χ1) is 8.63. The van der Waals surface area contributed by atoms with E-state index in [1.54, 1.807) is 6.08 Å². The van der Waals surface area contributed by atoms with Gasteiger partial charge in [0.15, 0.2) is 0 Å². The smallest absolute Gasteiger partial charge is 0.248 e. The number of carbonyl (C=O) groups excluding carboxylic acids is 1. The molecule has 0 saturated heterocycles. The Hall–Kier alpha value is -2.01. The van der Waals surface area contributed by atoms with E-state index < -0.39 is 0 Å². The van der Waals surface area contributed by atoms with Crippen molar-refractivity contribution in [3.05, 3.63) is 52.2 Å². The number of carbonyl (C=O) groups is 1. The molecule has 2 aromatic rings. The van der Waals surface area contributed by atoms with Gasteiger partial charge >= 0.3 is 0 Å². The highest BCUT2D eigenvalue weighted by Gasteiger charge is 1.99. The summed E-state index contributed by atoms with van der Waals surface area (Å²) in [5, 5.41) is 5.45. The van der Waals surface area contributed by atoms with Crippen molar-refractivity contribution in [3.8, 4) is 0 Å². The Kier molecular flexibility index (Phi) is 3.84. The Bertz CT molecular complexity index is 575. The van der Waals surface area contributed by atoms with Crippen LogP contribution in [0.3, 0.4) is 0 Å². The van der Waals surface area contributed by atoms with Crippen LogP contribution in [0.5, 0.6) is 0 Å². The minimum atomic E-state index is -0.332. The van der Waals surface area contributed by atoms with Gasteiger partial charge in [-0.1, -0.05) is 0 Å². The van der Waals surface area contributed by atoms with Gasteiger partial charge in [0.25, 0.3) is 0 Å². The third kappa shape index (κ3) is 3.49. The SMILES string of the molecule is Cc1nc(/C=C/C(=O)Nc2ccc(F)cc2)cs1. The Labute approximate surface area is 108 Å². The standard InChI is InChI=1S/C13H11FN2OS/c1-9-15-12(8-18-9)6-7-13(17)16-11-4-2-10(14)3-5-11/h2-8H,1H3,(H,16,17)/b7-6+. The van der Waals surface area contributed by atoms with E-state index in [4.69, 9.17) is 0 Å². The average Bonchev–Trinajstić information content (AvgIpc) is 2.76. The maximum Gasteiger partial charge on any atom is 0.248 e. The van der Waals surface area contributed by atoms with Crippen molar-refractivity contribution in [2.75, 3.05) is 5.32 Å². The lowest BCUT2D eigenvalue weighted by Gasteiger charge is -2.00. The first kappa shape index (κ1) is 12.4. The second kappa shape index (κ2) is 5.55. The molecule has 5 heteroatoms. The molecule has 1 aromatic heterocycles. The summed E-state index contributed by atoms with van der Waals surface area (Å²) >= 11 is 1.53. The zero-order valence-corrected chi connectivity index (χ0v) is 10.5. The van der Waals surface area contributed by atoms with Gasteiger partial charge in [0.1, 0.15) is 5.82 Å². The van der Waals surface area contributed by atoms with Crippen LogP contribution in [0.1, 0.15) is 10.7 Å². The summed E-state index contributed by atoms with van der Waals surface area (Å²) in [6.45, 7) is 1.90. The van der Waals surface area contributed by atoms with Crippen LogP contribution in [-0.4, -0.2) is 10.9 Å². The fourth-order valence-corrected chi connectivity index (χ4v) is 1.92. The molecule has 0 radical (unpaired) electrons. The number of halogens is 1. The molecule has 0 atom stereocenters. The minimum absolute atomic E-state index is 0.271. The predicted octanol–water partition coefficient (Wildman–Crippen LogP) is 3.24. The van der Waals surface area contributed by atoms with Gasteiger partial charge in [-0.25, -0.2) is 9.37 Å². The molecule has 2 rings (SSSR count). The summed E-state index contributed by atoms with van der Waals surface area (Å²) in [7, 11) is 0. The number of anilines is 1. The van der Waals surface area contributed by atoms with Gasteiger partial charge in [0.05, 0.1) is 10.7 Å². The van der Waals surface area contributed by atoms with Crippen LogP contribution in [-0.2, 0) is 4.79 Å². The molecule has 1 heterocycles. The van der Waals surface area contributed by atoms with E-state index in [1.165, 1.54) is 41.7 Å². The molecular weight excluding hydrogens is 251 g/mol. The summed E-state index contributed by atoms with van der Waals surface area (Å²) in [6.07, 6.45) is 3.04. The predicted molar refractivity (Wildman–Crippen MR) is 70.9 cm³/mol. The molecule has 0 aliphatic rings. The number of aryl methyl sites for hydroxylation is 1. The molecule has 18 heavy (non-hydrogen) atoms. The topological polar surface area (TPSA) is 42.0 Å². The molecule has 0 bridgehead atoms. The Morgan fingerprint density at radius 2 is 2.11 bits per heavy atom. The lowest BCUT2D eigenvalue weighted by Crippen LogP contribution is -2.07. The van der Waals surface area contributed by atoms with Crippen LogP contribution in [0.25, 0.3) is 6.08 Å². The number of amides is 1. The van der Waals surface area contributed by atoms with Crippen molar-refractivity contribution in [1.82, 2.24) is 4.98 Å². The second-order valence-electron chi connectivity index (χ2n) is 3.62. The normalized spacial score (nSPS) is 10.8. The summed E-state index contributed by atoms with van der Waals surface area (Å²) in [5.74, 6) is -0.603. The van der Waals surface area contributed by atoms with Crippen LogP contribution in [0.2, 0.25) is 0 Å². The molecule has 3 nitrogen and oxygen atoms in total. The van der Waals surface area contributed by atoms with Crippen molar-refractivity contribution in [3.63, 3.8) is 0 Å². The van der Waals surface area contributed by atoms with Crippen LogP contribution in [0, 0.1) is 12.7 Å². The van der Waals surface area contributed by atoms with Gasteiger partial charge < -0.3 is 5.32 Å². The summed E-state index contributed by atoms with van der Waals surface area (Å²) < 4.78 is 12.7. The summed E-state index contributed by atoms with van der Waals surface area (Å²) in [4.78, 5) is 15.8. The van der Waals surface area contributed by atoms with Crippen molar-refractivity contribution in [2.45, 2.75) is 6.92 Å². The van der Waals surface area contributed by atoms with Gasteiger partial charge in [-0.3, -0.25) is 4.79 Å². The maximum absolute atomic E-state index is 12.7. The molecule has 0 saturated carbocycles. The van der Waals surface area contributed by atoms with Gasteiger partial charge in [-0.2, -0.15) is 0 Å². The summed E-state index contributed by atoms with van der Waals surface area (Å²) in [6, 6.07) is 5.61. The first-order valence-corrected chi connectivity index (χ1v) is 6.18. The van der Waals surface area contributed by atoms with Crippen molar-refractivity contribution in [1.29, 1.82) is 0 Å². The highest BCUT2D eigenvalue weighted by atomic mass is 32.1. The number of thiazole rings is 1. The molecule has 0 unspecified atom stereocenters. The van der Waals surface area contributed by atoms with Crippen LogP contribution in [0.4, 0.5) is 10.1 Å². The quantitative estimate of drug-likeness (QED) is 0.863. The number of benzene rings is 1. The van der Waals surface area contributed by atoms with E-state index >= 15 is 0 Å².